The zero-order valence-corrected chi connectivity index (χ0v) is 74.0. The third-order valence-corrected chi connectivity index (χ3v) is 20.8. The summed E-state index contributed by atoms with van der Waals surface area (Å²) in [5.41, 5.74) is -10.6. The lowest BCUT2D eigenvalue weighted by Crippen LogP contribution is -2.10. The van der Waals surface area contributed by atoms with Gasteiger partial charge in [0.25, 0.3) is 11.9 Å². The quantitative estimate of drug-likeness (QED) is 0.0208. The van der Waals surface area contributed by atoms with Gasteiger partial charge in [-0.3, -0.25) is 0 Å². The molecule has 4 fully saturated rings. The summed E-state index contributed by atoms with van der Waals surface area (Å²) in [5, 5.41) is 88.0. The van der Waals surface area contributed by atoms with Crippen LogP contribution in [0.4, 0.5) is 85.0 Å². The van der Waals surface area contributed by atoms with Crippen molar-refractivity contribution in [2.45, 2.75) is 40.8 Å². The number of aryl methyl sites for hydroxylation is 4. The number of rotatable bonds is 12. The monoisotopic (exact) mass is 2000 g/mol. The topological polar surface area (TPSA) is 481 Å². The van der Waals surface area contributed by atoms with Crippen molar-refractivity contribution >= 4 is 73.3 Å². The van der Waals surface area contributed by atoms with Crippen LogP contribution < -0.4 is 0 Å². The van der Waals surface area contributed by atoms with Crippen LogP contribution in [0, 0.1) is 258 Å². The molecule has 16 rings (SSSR count). The van der Waals surface area contributed by atoms with Crippen molar-refractivity contribution in [1.82, 2.24) is 94.7 Å². The first-order valence-corrected chi connectivity index (χ1v) is 40.0. The highest BCUT2D eigenvalue weighted by Crippen LogP contribution is 2.61. The summed E-state index contributed by atoms with van der Waals surface area (Å²) in [5.74, 6) is -31.5. The molecule has 0 atom stereocenters. The fourth-order valence-electron chi connectivity index (χ4n) is 13.8. The van der Waals surface area contributed by atoms with Crippen LogP contribution >= 0.6 is 0 Å². The molecule has 148 heavy (non-hydrogen) atoms. The number of aromatic nitrogens is 19. The van der Waals surface area contributed by atoms with Crippen LogP contribution in [0.3, 0.4) is 0 Å². The molecule has 4 aliphatic carbocycles. The molecule has 4 saturated carbocycles. The molecule has 0 saturated heterocycles. The van der Waals surface area contributed by atoms with E-state index >= 15 is 0 Å². The molecule has 0 radical (unpaired) electrons. The number of alkyl halides is 3. The normalized spacial score (nSPS) is 15.9. The molecule has 0 N–H and O–H groups in total. The molecule has 0 unspecified atom stereocenters. The maximum atomic E-state index is 14.9. The third kappa shape index (κ3) is 20.0. The van der Waals surface area contributed by atoms with E-state index in [0.29, 0.717) is 85.9 Å². The second-order valence-electron chi connectivity index (χ2n) is 29.3. The molecule has 51 heteroatoms. The van der Waals surface area contributed by atoms with Crippen LogP contribution in [0.2, 0.25) is 0 Å². The van der Waals surface area contributed by atoms with Crippen molar-refractivity contribution in [2.75, 3.05) is 0 Å². The van der Waals surface area contributed by atoms with Crippen molar-refractivity contribution in [3.05, 3.63) is 431 Å². The van der Waals surface area contributed by atoms with Crippen LogP contribution in [0.1, 0.15) is 107 Å². The number of pyridine rings is 1. The maximum Gasteiger partial charge on any atom is 0.451 e. The first-order chi connectivity index (χ1) is 70.8. The Balaban J connectivity index is 0.000000166. The van der Waals surface area contributed by atoms with Gasteiger partial charge in [-0.25, -0.2) is 147 Å². The van der Waals surface area contributed by atoms with Gasteiger partial charge in [0.05, 0.1) is 106 Å². The van der Waals surface area contributed by atoms with E-state index in [1.165, 1.54) is 74.4 Å². The van der Waals surface area contributed by atoms with Gasteiger partial charge in [-0.15, -0.1) is 6.57 Å². The molecule has 10 heterocycles. The number of benzene rings is 2. The number of halogens is 18. The van der Waals surface area contributed by atoms with E-state index in [4.69, 9.17) is 38.1 Å². The molecule has 12 aromatic rings. The summed E-state index contributed by atoms with van der Waals surface area (Å²) >= 11 is 0. The second-order valence-corrected chi connectivity index (χ2v) is 29.3. The van der Waals surface area contributed by atoms with Crippen molar-refractivity contribution in [3.63, 3.8) is 0 Å². The van der Waals surface area contributed by atoms with Crippen molar-refractivity contribution in [3.8, 4) is 54.6 Å². The van der Waals surface area contributed by atoms with E-state index in [1.54, 1.807) is 27.7 Å². The van der Waals surface area contributed by atoms with Gasteiger partial charge in [-0.2, -0.15) is 93.0 Å². The molecular weight excluding hydrogens is 1970 g/mol. The Hall–Kier alpha value is -22.2. The molecule has 0 spiro atoms. The molecular formula is C97H33F18N33. The smallest absolute Gasteiger partial charge is 0.394 e. The van der Waals surface area contributed by atoms with Gasteiger partial charge < -0.3 is 4.85 Å². The average Bonchev–Trinajstić information content (AvgIpc) is 1.54. The Morgan fingerprint density at radius 2 is 0.473 bits per heavy atom. The predicted molar refractivity (Wildman–Crippen MR) is 469 cm³/mol. The van der Waals surface area contributed by atoms with E-state index in [0.717, 1.165) is 49.3 Å². The predicted octanol–water partition coefficient (Wildman–Crippen LogP) is 18.7. The highest BCUT2D eigenvalue weighted by Gasteiger charge is 2.49. The largest absolute Gasteiger partial charge is 0.451 e. The fourth-order valence-corrected chi connectivity index (χ4v) is 13.8. The van der Waals surface area contributed by atoms with Crippen LogP contribution in [-0.4, -0.2) is 94.7 Å². The molecule has 0 aliphatic heterocycles. The molecule has 0 bridgehead atoms. The highest BCUT2D eigenvalue weighted by atomic mass is 19.4. The Kier molecular flexibility index (Phi) is 29.7. The summed E-state index contributed by atoms with van der Waals surface area (Å²) in [6, 6.07) is 16.2. The Labute approximate surface area is 817 Å². The van der Waals surface area contributed by atoms with Gasteiger partial charge in [0.2, 0.25) is 40.3 Å². The lowest BCUT2D eigenvalue weighted by molar-refractivity contribution is -0.145. The lowest BCUT2D eigenvalue weighted by atomic mass is 9.99. The van der Waals surface area contributed by atoms with Crippen LogP contribution in [-0.2, 0) is 6.18 Å². The number of nitriles is 9. The summed E-state index contributed by atoms with van der Waals surface area (Å²) < 4.78 is 252. The molecule has 33 nitrogen and oxygen atoms in total. The van der Waals surface area contributed by atoms with Crippen molar-refractivity contribution < 1.29 is 79.0 Å². The van der Waals surface area contributed by atoms with Gasteiger partial charge >= 0.3 is 24.3 Å². The average molecular weight is 2000 g/mol. The second kappa shape index (κ2) is 42.6. The summed E-state index contributed by atoms with van der Waals surface area (Å²) in [7, 11) is 0. The maximum absolute atomic E-state index is 14.9. The van der Waals surface area contributed by atoms with Gasteiger partial charge in [0.1, 0.15) is 77.9 Å². The SMILES string of the molecule is [C-]#[N+]C(=C1C(=C(C#N)c2c(F)c(F)c(C)c(F)c2F)C1=C(C#N)c1c(F)c(F)c(F)c(F)c1F)c1c(F)c(F)nc(F)c1F.[C-]#[N+]C(=C1C(=C(C#N)c2cnc(C)nc2)C1=C(C#N)c1cnc(C)nc1)c1cnc(C(F)(F)F)nc1.[C-]#[N+]C(=C1C(=C(C#N)c2cnc(C)nc2)C1=C(C#N)c1cnc(F)nc1)c1cnc(F)nc1.[C-]#[N+]C(=C1C(=C(C#N)c2cnc(C)nc2)C1=C(C#N)c1cnc([N+]#[C-])nc1)c1cnc(C#N)nc1. The van der Waals surface area contributed by atoms with Crippen LogP contribution in [0.15, 0.2) is 178 Å². The van der Waals surface area contributed by atoms with E-state index in [-0.39, 0.29) is 107 Å². The number of hydrogen-bond acceptors (Lipinski definition) is 28. The number of hydrogen-bond donors (Lipinski definition) is 0. The van der Waals surface area contributed by atoms with Crippen LogP contribution in [0.25, 0.3) is 91.6 Å². The summed E-state index contributed by atoms with van der Waals surface area (Å²) in [6.07, 6.45) is 16.5. The van der Waals surface area contributed by atoms with E-state index in [2.05, 4.69) is 149 Å². The van der Waals surface area contributed by atoms with Gasteiger partial charge in [0, 0.05) is 149 Å². The standard InChI is InChI=1S/C27H3F13N4.C24H12F3N9.C24H9N11.C22H9F2N9/c1-5-14(28)16(30)10(17(31)15(5)29)6(3-41)8-9(7(4-42)11-18(32)22(36)24(38)23(37)19(11)33)12(8)25(43-2)13-20(34)26(39)44-27(40)21(13)35;1-12-31-6-14(7-32-12)17(4-28)19-20(18(5-29)15-8-33-13(2)34-9-15)21(19)22(30-3)16-10-35-23(36-11-16)24(25,26)27;1-13-30-7-14(8-31-13)17(4-25)20-21(18(5-26)15-9-34-24(29-3)35-10-15)22(20)23(28-2)16-11-32-19(6-27)33-12-16;1-11-28-5-12(6-29-11)15(3-25)17-18(16(4-26)13-7-30-21(23)31-8-13)19(17)20(27-2)14-9-32-22(24)33-10-14/h1H3;6-11H,1-2H3;7-12H,1H3;5-10H,1H3. The minimum absolute atomic E-state index is 0.00427. The third-order valence-electron chi connectivity index (χ3n) is 20.8. The van der Waals surface area contributed by atoms with Gasteiger partial charge in [-0.05, 0) is 101 Å². The van der Waals surface area contributed by atoms with Crippen LogP contribution in [0.5, 0.6) is 0 Å². The Morgan fingerprint density at radius 3 is 0.723 bits per heavy atom. The summed E-state index contributed by atoms with van der Waals surface area (Å²) in [6.45, 7) is 44.8. The lowest BCUT2D eigenvalue weighted by Gasteiger charge is -2.09. The Morgan fingerprint density at radius 1 is 0.250 bits per heavy atom. The minimum Gasteiger partial charge on any atom is -0.394 e. The van der Waals surface area contributed by atoms with Crippen molar-refractivity contribution in [2.24, 2.45) is 0 Å². The molecule has 0 amide bonds. The zero-order valence-electron chi connectivity index (χ0n) is 74.0. The number of allylic oxidation sites excluding steroid dienone is 20. The highest BCUT2D eigenvalue weighted by molar-refractivity contribution is 6.15. The molecule has 712 valence electrons. The fraction of sp³-hybridized carbons (Fsp3) is 0.0619. The molecule has 10 aromatic heterocycles. The summed E-state index contributed by atoms with van der Waals surface area (Å²) in [4.78, 5) is 87.7. The Bertz CT molecular complexity index is 8320. The minimum atomic E-state index is -4.75. The first-order valence-electron chi connectivity index (χ1n) is 40.0. The van der Waals surface area contributed by atoms with Gasteiger partial charge in [0.15, 0.2) is 58.2 Å². The van der Waals surface area contributed by atoms with Gasteiger partial charge in [-0.1, -0.05) is 0 Å². The van der Waals surface area contributed by atoms with E-state index in [9.17, 15) is 121 Å². The first kappa shape index (κ1) is 103. The van der Waals surface area contributed by atoms with E-state index in [1.807, 2.05) is 12.1 Å². The van der Waals surface area contributed by atoms with Crippen molar-refractivity contribution in [1.29, 1.82) is 47.4 Å². The molecule has 2 aromatic carbocycles. The number of nitrogens with zero attached hydrogens (tertiary/aromatic N) is 33. The van der Waals surface area contributed by atoms with E-state index < -0.39 is 156 Å². The zero-order chi connectivity index (χ0) is 108. The molecule has 4 aliphatic rings.